The molecular formula is C20H28N2O4. The van der Waals surface area contributed by atoms with Crippen LogP contribution in [0.15, 0.2) is 24.3 Å². The third-order valence-corrected chi connectivity index (χ3v) is 4.38. The number of likely N-dealkylation sites (N-methyl/N-ethyl adjacent to an activating group) is 1. The van der Waals surface area contributed by atoms with E-state index in [1.807, 2.05) is 20.8 Å². The maximum Gasteiger partial charge on any atom is 0.410 e. The number of ether oxygens (including phenoxy) is 1. The largest absolute Gasteiger partial charge is 0.444 e. The van der Waals surface area contributed by atoms with Crippen molar-refractivity contribution in [1.82, 2.24) is 9.80 Å². The number of carbonyl (C=O) groups excluding carboxylic acids is 3. The van der Waals surface area contributed by atoms with E-state index in [0.29, 0.717) is 11.1 Å². The molecule has 142 valence electrons. The van der Waals surface area contributed by atoms with E-state index in [1.54, 1.807) is 52.1 Å². The Hall–Kier alpha value is -2.37. The Labute approximate surface area is 155 Å². The second-order valence-corrected chi connectivity index (χ2v) is 8.74. The Morgan fingerprint density at radius 1 is 1.04 bits per heavy atom. The van der Waals surface area contributed by atoms with Crippen LogP contribution >= 0.6 is 0 Å². The van der Waals surface area contributed by atoms with Crippen molar-refractivity contribution in [3.8, 4) is 0 Å². The number of carbonyl (C=O) groups is 3. The summed E-state index contributed by atoms with van der Waals surface area (Å²) in [5.74, 6) is -0.644. The summed E-state index contributed by atoms with van der Waals surface area (Å²) in [6, 6.07) is 6.39. The predicted molar refractivity (Wildman–Crippen MR) is 99.0 cm³/mol. The van der Waals surface area contributed by atoms with Gasteiger partial charge in [0.25, 0.3) is 11.8 Å². The highest BCUT2D eigenvalue weighted by Gasteiger charge is 2.41. The lowest BCUT2D eigenvalue weighted by Gasteiger charge is -2.40. The van der Waals surface area contributed by atoms with Gasteiger partial charge >= 0.3 is 6.09 Å². The molecule has 0 saturated heterocycles. The molecule has 0 spiro atoms. The third kappa shape index (κ3) is 4.06. The van der Waals surface area contributed by atoms with E-state index in [-0.39, 0.29) is 29.8 Å². The molecule has 1 atom stereocenters. The average Bonchev–Trinajstić information content (AvgIpc) is 2.74. The molecule has 1 aromatic rings. The number of nitrogens with zero attached hydrogens (tertiary/aromatic N) is 2. The highest BCUT2D eigenvalue weighted by Crippen LogP contribution is 2.29. The second-order valence-electron chi connectivity index (χ2n) is 8.74. The zero-order valence-corrected chi connectivity index (χ0v) is 16.6. The molecule has 0 unspecified atom stereocenters. The van der Waals surface area contributed by atoms with E-state index in [2.05, 4.69) is 0 Å². The first-order valence-electron chi connectivity index (χ1n) is 8.74. The molecule has 26 heavy (non-hydrogen) atoms. The van der Waals surface area contributed by atoms with Crippen molar-refractivity contribution in [1.29, 1.82) is 0 Å². The predicted octanol–water partition coefficient (Wildman–Crippen LogP) is 3.56. The van der Waals surface area contributed by atoms with E-state index in [4.69, 9.17) is 4.74 Å². The third-order valence-electron chi connectivity index (χ3n) is 4.38. The number of rotatable bonds is 3. The molecule has 0 radical (unpaired) electrons. The molecule has 1 aliphatic heterocycles. The van der Waals surface area contributed by atoms with Crippen LogP contribution < -0.4 is 0 Å². The zero-order chi connectivity index (χ0) is 19.9. The van der Waals surface area contributed by atoms with E-state index < -0.39 is 11.7 Å². The highest BCUT2D eigenvalue weighted by molar-refractivity contribution is 6.21. The molecule has 0 aromatic heterocycles. The number of amides is 3. The number of fused-ring (bicyclic) bond motifs is 1. The van der Waals surface area contributed by atoms with Crippen LogP contribution in [-0.4, -0.2) is 52.9 Å². The van der Waals surface area contributed by atoms with Crippen molar-refractivity contribution in [2.75, 3.05) is 13.6 Å². The highest BCUT2D eigenvalue weighted by atomic mass is 16.6. The summed E-state index contributed by atoms with van der Waals surface area (Å²) in [4.78, 5) is 40.5. The van der Waals surface area contributed by atoms with Gasteiger partial charge in [0.15, 0.2) is 0 Å². The van der Waals surface area contributed by atoms with Gasteiger partial charge < -0.3 is 9.64 Å². The fraction of sp³-hybridized carbons (Fsp3) is 0.550. The maximum atomic E-state index is 12.7. The lowest BCUT2D eigenvalue weighted by atomic mass is 9.85. The fourth-order valence-corrected chi connectivity index (χ4v) is 3.02. The molecule has 2 rings (SSSR count). The van der Waals surface area contributed by atoms with Crippen LogP contribution in [0, 0.1) is 5.41 Å². The molecular weight excluding hydrogens is 332 g/mol. The van der Waals surface area contributed by atoms with Crippen molar-refractivity contribution in [2.24, 2.45) is 5.41 Å². The van der Waals surface area contributed by atoms with E-state index in [1.165, 1.54) is 9.80 Å². The standard InChI is InChI=1S/C20H28N2O4/c1-19(2,3)15(21(7)18(25)26-20(4,5)6)12-22-16(23)13-10-8-9-11-14(13)17(22)24/h8-11,15H,12H2,1-7H3/t15-/m1/s1. The van der Waals surface area contributed by atoms with Gasteiger partial charge in [-0.25, -0.2) is 4.79 Å². The van der Waals surface area contributed by atoms with E-state index in [9.17, 15) is 14.4 Å². The SMILES string of the molecule is CN(C(=O)OC(C)(C)C)[C@H](CN1C(=O)c2ccccc2C1=O)C(C)(C)C. The van der Waals surface area contributed by atoms with Crippen molar-refractivity contribution < 1.29 is 19.1 Å². The van der Waals surface area contributed by atoms with Gasteiger partial charge in [0, 0.05) is 7.05 Å². The number of imide groups is 1. The van der Waals surface area contributed by atoms with Crippen molar-refractivity contribution in [3.63, 3.8) is 0 Å². The van der Waals surface area contributed by atoms with Crippen LogP contribution in [-0.2, 0) is 4.74 Å². The minimum Gasteiger partial charge on any atom is -0.444 e. The first-order valence-corrected chi connectivity index (χ1v) is 8.74. The van der Waals surface area contributed by atoms with Gasteiger partial charge in [-0.15, -0.1) is 0 Å². The van der Waals surface area contributed by atoms with Gasteiger partial charge in [-0.1, -0.05) is 32.9 Å². The molecule has 0 N–H and O–H groups in total. The molecule has 3 amide bonds. The number of hydrogen-bond donors (Lipinski definition) is 0. The van der Waals surface area contributed by atoms with Gasteiger partial charge in [-0.05, 0) is 38.3 Å². The molecule has 1 heterocycles. The summed E-state index contributed by atoms with van der Waals surface area (Å²) in [6.07, 6.45) is -0.478. The Kier molecular flexibility index (Phi) is 5.17. The Morgan fingerprint density at radius 3 is 1.88 bits per heavy atom. The summed E-state index contributed by atoms with van der Waals surface area (Å²) in [5, 5.41) is 0. The van der Waals surface area contributed by atoms with Crippen LogP contribution in [0.3, 0.4) is 0 Å². The molecule has 1 aromatic carbocycles. The fourth-order valence-electron chi connectivity index (χ4n) is 3.02. The summed E-state index contributed by atoms with van der Waals surface area (Å²) in [5.41, 5.74) is -0.167. The van der Waals surface area contributed by atoms with Crippen LogP contribution in [0.5, 0.6) is 0 Å². The maximum absolute atomic E-state index is 12.7. The van der Waals surface area contributed by atoms with Gasteiger partial charge in [-0.2, -0.15) is 0 Å². The zero-order valence-electron chi connectivity index (χ0n) is 16.6. The lowest BCUT2D eigenvalue weighted by Crippen LogP contribution is -2.53. The molecule has 0 saturated carbocycles. The van der Waals surface area contributed by atoms with Gasteiger partial charge in [0.2, 0.25) is 0 Å². The van der Waals surface area contributed by atoms with Crippen molar-refractivity contribution >= 4 is 17.9 Å². The second kappa shape index (κ2) is 6.74. The van der Waals surface area contributed by atoms with Crippen LogP contribution in [0.25, 0.3) is 0 Å². The number of benzene rings is 1. The van der Waals surface area contributed by atoms with E-state index >= 15 is 0 Å². The Bertz CT molecular complexity index is 693. The minimum atomic E-state index is -0.622. The average molecular weight is 360 g/mol. The van der Waals surface area contributed by atoms with Crippen LogP contribution in [0.2, 0.25) is 0 Å². The summed E-state index contributed by atoms with van der Waals surface area (Å²) in [6.45, 7) is 11.4. The van der Waals surface area contributed by atoms with Gasteiger partial charge in [0.05, 0.1) is 23.7 Å². The summed E-state index contributed by atoms with van der Waals surface area (Å²) in [7, 11) is 1.64. The summed E-state index contributed by atoms with van der Waals surface area (Å²) >= 11 is 0. The molecule has 6 nitrogen and oxygen atoms in total. The Morgan fingerprint density at radius 2 is 1.50 bits per heavy atom. The minimum absolute atomic E-state index is 0.117. The molecule has 0 bridgehead atoms. The normalized spacial score (nSPS) is 15.7. The quantitative estimate of drug-likeness (QED) is 0.773. The topological polar surface area (TPSA) is 66.9 Å². The molecule has 0 fully saturated rings. The van der Waals surface area contributed by atoms with Crippen LogP contribution in [0.1, 0.15) is 62.3 Å². The number of hydrogen-bond acceptors (Lipinski definition) is 4. The summed E-state index contributed by atoms with van der Waals surface area (Å²) < 4.78 is 5.45. The smallest absolute Gasteiger partial charge is 0.410 e. The van der Waals surface area contributed by atoms with Gasteiger partial charge in [-0.3, -0.25) is 14.5 Å². The first kappa shape index (κ1) is 19.9. The lowest BCUT2D eigenvalue weighted by molar-refractivity contribution is 0.00425. The van der Waals surface area contributed by atoms with Gasteiger partial charge in [0.1, 0.15) is 5.60 Å². The molecule has 6 heteroatoms. The molecule has 1 aliphatic rings. The first-order chi connectivity index (χ1) is 11.8. The van der Waals surface area contributed by atoms with Crippen molar-refractivity contribution in [2.45, 2.75) is 53.2 Å². The van der Waals surface area contributed by atoms with Crippen LogP contribution in [0.4, 0.5) is 4.79 Å². The molecule has 0 aliphatic carbocycles. The van der Waals surface area contributed by atoms with E-state index in [0.717, 1.165) is 0 Å². The van der Waals surface area contributed by atoms with Crippen molar-refractivity contribution in [3.05, 3.63) is 35.4 Å². The Balaban J connectivity index is 2.26. The monoisotopic (exact) mass is 360 g/mol.